The summed E-state index contributed by atoms with van der Waals surface area (Å²) in [4.78, 5) is 12.6. The van der Waals surface area contributed by atoms with Crippen LogP contribution in [0.5, 0.6) is 0 Å². The zero-order valence-electron chi connectivity index (χ0n) is 19.3. The van der Waals surface area contributed by atoms with Crippen molar-refractivity contribution >= 4 is 33.2 Å². The van der Waals surface area contributed by atoms with Crippen molar-refractivity contribution in [2.75, 3.05) is 24.1 Å². The van der Waals surface area contributed by atoms with Gasteiger partial charge in [0.25, 0.3) is 15.9 Å². The average Bonchev–Trinajstić information content (AvgIpc) is 2.84. The molecule has 0 heterocycles. The van der Waals surface area contributed by atoms with E-state index in [0.29, 0.717) is 36.0 Å². The van der Waals surface area contributed by atoms with Crippen LogP contribution >= 0.6 is 11.6 Å². The molecule has 0 atom stereocenters. The molecule has 0 radical (unpaired) electrons. The van der Waals surface area contributed by atoms with Crippen molar-refractivity contribution in [2.24, 2.45) is 0 Å². The molecular weight excluding hydrogens is 472 g/mol. The maximum absolute atomic E-state index is 13.6. The first-order valence-electron chi connectivity index (χ1n) is 11.1. The smallest absolute Gasteiger partial charge is 0.264 e. The minimum absolute atomic E-state index is 0.0919. The van der Waals surface area contributed by atoms with E-state index in [0.717, 1.165) is 17.5 Å². The van der Waals surface area contributed by atoms with E-state index in [1.165, 1.54) is 4.31 Å². The minimum atomic E-state index is -3.85. The Bertz CT molecular complexity index is 1200. The minimum Gasteiger partial charge on any atom is -0.382 e. The summed E-state index contributed by atoms with van der Waals surface area (Å²) in [7, 11) is -3.85. The molecule has 0 aliphatic rings. The number of amides is 1. The van der Waals surface area contributed by atoms with Crippen molar-refractivity contribution in [3.8, 4) is 0 Å². The molecule has 3 rings (SSSR count). The molecule has 0 aliphatic carbocycles. The van der Waals surface area contributed by atoms with E-state index in [-0.39, 0.29) is 17.3 Å². The van der Waals surface area contributed by atoms with Crippen molar-refractivity contribution in [1.29, 1.82) is 0 Å². The molecule has 3 aromatic carbocycles. The van der Waals surface area contributed by atoms with E-state index in [1.54, 1.807) is 72.8 Å². The predicted molar refractivity (Wildman–Crippen MR) is 136 cm³/mol. The quantitative estimate of drug-likeness (QED) is 0.367. The van der Waals surface area contributed by atoms with Gasteiger partial charge in [0.2, 0.25) is 0 Å². The fourth-order valence-corrected chi connectivity index (χ4v) is 5.12. The van der Waals surface area contributed by atoms with Gasteiger partial charge < -0.3 is 10.1 Å². The molecule has 0 unspecified atom stereocenters. The molecule has 1 N–H and O–H groups in total. The number of nitrogens with zero attached hydrogens (tertiary/aromatic N) is 1. The number of halogens is 1. The van der Waals surface area contributed by atoms with E-state index in [9.17, 15) is 13.2 Å². The van der Waals surface area contributed by atoms with E-state index >= 15 is 0 Å². The second kappa shape index (κ2) is 12.0. The highest BCUT2D eigenvalue weighted by atomic mass is 35.5. The van der Waals surface area contributed by atoms with Gasteiger partial charge in [-0.2, -0.15) is 0 Å². The summed E-state index contributed by atoms with van der Waals surface area (Å²) in [6, 6.07) is 20.4. The predicted octanol–water partition coefficient (Wildman–Crippen LogP) is 5.20. The van der Waals surface area contributed by atoms with Crippen molar-refractivity contribution < 1.29 is 17.9 Å². The Morgan fingerprint density at radius 1 is 1.03 bits per heavy atom. The number of carbonyl (C=O) groups is 1. The Morgan fingerprint density at radius 3 is 2.41 bits per heavy atom. The fraction of sp³-hybridized carbons (Fsp3) is 0.269. The zero-order valence-corrected chi connectivity index (χ0v) is 20.9. The van der Waals surface area contributed by atoms with Gasteiger partial charge in [-0.15, -0.1) is 0 Å². The molecule has 1 amide bonds. The Kier molecular flexibility index (Phi) is 9.10. The Morgan fingerprint density at radius 2 is 1.74 bits per heavy atom. The molecule has 3 aromatic rings. The standard InChI is InChI=1S/C26H29ClN2O4S/c1-3-33-17-7-16-28-26(30)22-13-11-21(12-14-22)19-29(25-18-23(27)15-10-20(25)2)34(31,32)24-8-5-4-6-9-24/h4-6,8-15,18H,3,7,16-17,19H2,1-2H3,(H,28,30). The van der Waals surface area contributed by atoms with Crippen LogP contribution in [0.1, 0.15) is 34.8 Å². The van der Waals surface area contributed by atoms with Crippen LogP contribution < -0.4 is 9.62 Å². The number of rotatable bonds is 11. The van der Waals surface area contributed by atoms with Gasteiger partial charge in [0.05, 0.1) is 17.1 Å². The molecule has 0 fully saturated rings. The summed E-state index contributed by atoms with van der Waals surface area (Å²) < 4.78 is 33.8. The SMILES string of the molecule is CCOCCCNC(=O)c1ccc(CN(c2cc(Cl)ccc2C)S(=O)(=O)c2ccccc2)cc1. The van der Waals surface area contributed by atoms with E-state index < -0.39 is 10.0 Å². The van der Waals surface area contributed by atoms with Gasteiger partial charge in [0, 0.05) is 30.3 Å². The average molecular weight is 501 g/mol. The maximum Gasteiger partial charge on any atom is 0.264 e. The number of aryl methyl sites for hydroxylation is 1. The molecule has 0 bridgehead atoms. The van der Waals surface area contributed by atoms with Crippen LogP contribution in [-0.4, -0.2) is 34.1 Å². The third-order valence-electron chi connectivity index (χ3n) is 5.27. The first-order chi connectivity index (χ1) is 16.3. The number of nitrogens with one attached hydrogen (secondary N) is 1. The number of sulfonamides is 1. The summed E-state index contributed by atoms with van der Waals surface area (Å²) >= 11 is 6.21. The number of hydrogen-bond acceptors (Lipinski definition) is 4. The topological polar surface area (TPSA) is 75.7 Å². The van der Waals surface area contributed by atoms with Crippen molar-refractivity contribution in [2.45, 2.75) is 31.7 Å². The summed E-state index contributed by atoms with van der Waals surface area (Å²) in [5.74, 6) is -0.178. The highest BCUT2D eigenvalue weighted by Gasteiger charge is 2.26. The number of benzene rings is 3. The van der Waals surface area contributed by atoms with Crippen LogP contribution in [0.15, 0.2) is 77.7 Å². The second-order valence-electron chi connectivity index (χ2n) is 7.76. The van der Waals surface area contributed by atoms with E-state index in [1.807, 2.05) is 13.8 Å². The molecule has 0 saturated carbocycles. The first-order valence-corrected chi connectivity index (χ1v) is 12.9. The highest BCUT2D eigenvalue weighted by molar-refractivity contribution is 7.92. The molecule has 0 saturated heterocycles. The van der Waals surface area contributed by atoms with E-state index in [2.05, 4.69) is 5.32 Å². The Hall–Kier alpha value is -2.87. The normalized spacial score (nSPS) is 11.3. The lowest BCUT2D eigenvalue weighted by Crippen LogP contribution is -2.31. The maximum atomic E-state index is 13.6. The molecule has 34 heavy (non-hydrogen) atoms. The third kappa shape index (κ3) is 6.59. The van der Waals surface area contributed by atoms with Gasteiger partial charge >= 0.3 is 0 Å². The summed E-state index contributed by atoms with van der Waals surface area (Å²) in [6.45, 7) is 5.65. The lowest BCUT2D eigenvalue weighted by Gasteiger charge is -2.26. The summed E-state index contributed by atoms with van der Waals surface area (Å²) in [5.41, 5.74) is 2.54. The van der Waals surface area contributed by atoms with Crippen LogP contribution in [0.4, 0.5) is 5.69 Å². The van der Waals surface area contributed by atoms with Gasteiger partial charge in [-0.3, -0.25) is 9.10 Å². The van der Waals surface area contributed by atoms with Crippen LogP contribution in [-0.2, 0) is 21.3 Å². The summed E-state index contributed by atoms with van der Waals surface area (Å²) in [5, 5.41) is 3.31. The van der Waals surface area contributed by atoms with Crippen LogP contribution in [0, 0.1) is 6.92 Å². The van der Waals surface area contributed by atoms with Crippen molar-refractivity contribution in [3.05, 3.63) is 94.5 Å². The van der Waals surface area contributed by atoms with Gasteiger partial charge in [0.1, 0.15) is 0 Å². The monoisotopic (exact) mass is 500 g/mol. The fourth-order valence-electron chi connectivity index (χ4n) is 3.42. The molecule has 0 aliphatic heterocycles. The Labute approximate surface area is 206 Å². The van der Waals surface area contributed by atoms with Crippen LogP contribution in [0.25, 0.3) is 0 Å². The molecule has 8 heteroatoms. The molecule has 180 valence electrons. The molecule has 0 spiro atoms. The molecule has 0 aromatic heterocycles. The van der Waals surface area contributed by atoms with Gasteiger partial charge in [-0.05, 0) is 67.8 Å². The molecule has 6 nitrogen and oxygen atoms in total. The number of hydrogen-bond donors (Lipinski definition) is 1. The highest BCUT2D eigenvalue weighted by Crippen LogP contribution is 2.31. The van der Waals surface area contributed by atoms with Crippen LogP contribution in [0.3, 0.4) is 0 Å². The zero-order chi connectivity index (χ0) is 24.6. The third-order valence-corrected chi connectivity index (χ3v) is 7.28. The number of ether oxygens (including phenoxy) is 1. The number of carbonyl (C=O) groups excluding carboxylic acids is 1. The van der Waals surface area contributed by atoms with Crippen molar-refractivity contribution in [3.63, 3.8) is 0 Å². The largest absolute Gasteiger partial charge is 0.382 e. The first kappa shape index (κ1) is 25.7. The van der Waals surface area contributed by atoms with Crippen molar-refractivity contribution in [1.82, 2.24) is 5.32 Å². The van der Waals surface area contributed by atoms with E-state index in [4.69, 9.17) is 16.3 Å². The summed E-state index contributed by atoms with van der Waals surface area (Å²) in [6.07, 6.45) is 0.739. The lowest BCUT2D eigenvalue weighted by atomic mass is 10.1. The van der Waals surface area contributed by atoms with Crippen LogP contribution in [0.2, 0.25) is 5.02 Å². The van der Waals surface area contributed by atoms with Gasteiger partial charge in [-0.1, -0.05) is 48.0 Å². The Balaban J connectivity index is 1.83. The molecular formula is C26H29ClN2O4S. The lowest BCUT2D eigenvalue weighted by molar-refractivity contribution is 0.0944. The van der Waals surface area contributed by atoms with Gasteiger partial charge in [-0.25, -0.2) is 8.42 Å². The second-order valence-corrected chi connectivity index (χ2v) is 10.1. The number of anilines is 1. The van der Waals surface area contributed by atoms with Gasteiger partial charge in [0.15, 0.2) is 0 Å².